The van der Waals surface area contributed by atoms with Crippen molar-refractivity contribution in [1.29, 1.82) is 0 Å². The molecule has 0 heterocycles. The van der Waals surface area contributed by atoms with Gasteiger partial charge in [-0.05, 0) is 13.0 Å². The van der Waals surface area contributed by atoms with Crippen molar-refractivity contribution >= 4 is 12.2 Å². The van der Waals surface area contributed by atoms with Gasteiger partial charge in [-0.15, -0.1) is 0 Å². The first-order valence-corrected chi connectivity index (χ1v) is 5.01. The Morgan fingerprint density at radius 1 is 1.29 bits per heavy atom. The van der Waals surface area contributed by atoms with E-state index in [0.717, 1.165) is 6.08 Å². The summed E-state index contributed by atoms with van der Waals surface area (Å²) >= 11 is 0. The van der Waals surface area contributed by atoms with Gasteiger partial charge in [-0.2, -0.15) is 0 Å². The van der Waals surface area contributed by atoms with Crippen LogP contribution in [-0.4, -0.2) is 63.6 Å². The van der Waals surface area contributed by atoms with E-state index in [1.807, 2.05) is 0 Å². The number of carbonyl (C=O) groups excluding carboxylic acids is 2. The lowest BCUT2D eigenvalue weighted by molar-refractivity contribution is -0.128. The minimum atomic E-state index is -1.74. The highest BCUT2D eigenvalue weighted by Gasteiger charge is 2.31. The van der Waals surface area contributed by atoms with Crippen molar-refractivity contribution in [2.45, 2.75) is 31.3 Å². The summed E-state index contributed by atoms with van der Waals surface area (Å²) in [4.78, 5) is 21.8. The zero-order valence-electron chi connectivity index (χ0n) is 9.35. The molecule has 5 N–H and O–H groups in total. The van der Waals surface area contributed by atoms with Gasteiger partial charge < -0.3 is 30.5 Å². The van der Waals surface area contributed by atoms with Gasteiger partial charge in [0.1, 0.15) is 30.6 Å². The predicted octanol–water partition coefficient (Wildman–Crippen LogP) is -2.68. The number of nitrogens with one attached hydrogen (secondary N) is 1. The van der Waals surface area contributed by atoms with Crippen molar-refractivity contribution in [3.63, 3.8) is 0 Å². The highest BCUT2D eigenvalue weighted by Crippen LogP contribution is 2.03. The molecule has 0 aliphatic carbocycles. The fourth-order valence-electron chi connectivity index (χ4n) is 1.11. The molecule has 0 aromatic carbocycles. The van der Waals surface area contributed by atoms with Crippen LogP contribution < -0.4 is 5.32 Å². The van der Waals surface area contributed by atoms with Crippen molar-refractivity contribution in [2.24, 2.45) is 0 Å². The molecule has 0 aliphatic heterocycles. The molecule has 17 heavy (non-hydrogen) atoms. The second kappa shape index (κ2) is 7.91. The molecule has 0 fully saturated rings. The molecule has 0 aromatic heterocycles. The van der Waals surface area contributed by atoms with E-state index >= 15 is 0 Å². The molecule has 0 unspecified atom stereocenters. The van der Waals surface area contributed by atoms with Gasteiger partial charge in [0.2, 0.25) is 5.91 Å². The number of aldehydes is 1. The third-order valence-electron chi connectivity index (χ3n) is 2.07. The van der Waals surface area contributed by atoms with Crippen LogP contribution in [0.5, 0.6) is 0 Å². The van der Waals surface area contributed by atoms with Gasteiger partial charge in [0.25, 0.3) is 0 Å². The quantitative estimate of drug-likeness (QED) is 0.246. The number of hydrogen-bond acceptors (Lipinski definition) is 6. The smallest absolute Gasteiger partial charge is 0.244 e. The molecule has 0 radical (unpaired) electrons. The molecule has 1 amide bonds. The molecule has 0 rings (SSSR count). The Balaban J connectivity index is 4.54. The molecule has 0 aromatic rings. The maximum atomic E-state index is 11.1. The Bertz CT molecular complexity index is 280. The standard InChI is InChI=1S/C10H17NO6/c1-2-3-8(15)11-6(4-12)9(16)10(17)7(14)5-13/h2-4,6-7,9-10,13-14,16-17H,5H2,1H3,(H,11,15)/t6-,7+,9+,10-/m0/s1. The maximum absolute atomic E-state index is 11.1. The molecule has 7 nitrogen and oxygen atoms in total. The Hall–Kier alpha value is -1.28. The third kappa shape index (κ3) is 5.05. The van der Waals surface area contributed by atoms with Crippen LogP contribution in [0.15, 0.2) is 12.2 Å². The largest absolute Gasteiger partial charge is 0.394 e. The summed E-state index contributed by atoms with van der Waals surface area (Å²) in [6.45, 7) is 0.822. The lowest BCUT2D eigenvalue weighted by Gasteiger charge is -2.25. The Labute approximate surface area is 98.4 Å². The fourth-order valence-corrected chi connectivity index (χ4v) is 1.11. The van der Waals surface area contributed by atoms with Crippen LogP contribution in [0, 0.1) is 0 Å². The van der Waals surface area contributed by atoms with E-state index < -0.39 is 36.9 Å². The highest BCUT2D eigenvalue weighted by atomic mass is 16.4. The van der Waals surface area contributed by atoms with E-state index in [1.165, 1.54) is 6.08 Å². The number of hydrogen-bond donors (Lipinski definition) is 5. The zero-order valence-corrected chi connectivity index (χ0v) is 9.35. The summed E-state index contributed by atoms with van der Waals surface area (Å²) < 4.78 is 0. The topological polar surface area (TPSA) is 127 Å². The Kier molecular flexibility index (Phi) is 7.31. The monoisotopic (exact) mass is 247 g/mol. The van der Waals surface area contributed by atoms with Crippen LogP contribution in [0.2, 0.25) is 0 Å². The van der Waals surface area contributed by atoms with Gasteiger partial charge in [0.05, 0.1) is 6.61 Å². The number of aliphatic hydroxyl groups is 4. The number of carbonyl (C=O) groups is 2. The van der Waals surface area contributed by atoms with Crippen LogP contribution in [-0.2, 0) is 9.59 Å². The Morgan fingerprint density at radius 2 is 1.88 bits per heavy atom. The summed E-state index contributed by atoms with van der Waals surface area (Å²) in [6.07, 6.45) is -2.23. The van der Waals surface area contributed by atoms with Crippen LogP contribution in [0.1, 0.15) is 6.92 Å². The van der Waals surface area contributed by atoms with Gasteiger partial charge in [-0.1, -0.05) is 6.08 Å². The first-order valence-electron chi connectivity index (χ1n) is 5.01. The Morgan fingerprint density at radius 3 is 2.29 bits per heavy atom. The average Bonchev–Trinajstić information content (AvgIpc) is 2.33. The fraction of sp³-hybridized carbons (Fsp3) is 0.600. The molecule has 0 bridgehead atoms. The van der Waals surface area contributed by atoms with E-state index in [-0.39, 0.29) is 6.29 Å². The second-order valence-electron chi connectivity index (χ2n) is 3.40. The third-order valence-corrected chi connectivity index (χ3v) is 2.07. The van der Waals surface area contributed by atoms with Crippen molar-refractivity contribution in [1.82, 2.24) is 5.32 Å². The molecule has 0 saturated carbocycles. The zero-order chi connectivity index (χ0) is 13.4. The normalized spacial score (nSPS) is 18.4. The molecule has 98 valence electrons. The highest BCUT2D eigenvalue weighted by molar-refractivity contribution is 5.89. The molecule has 0 spiro atoms. The van der Waals surface area contributed by atoms with Crippen molar-refractivity contribution in [3.05, 3.63) is 12.2 Å². The average molecular weight is 247 g/mol. The van der Waals surface area contributed by atoms with Crippen molar-refractivity contribution < 1.29 is 30.0 Å². The minimum Gasteiger partial charge on any atom is -0.394 e. The number of allylic oxidation sites excluding steroid dienone is 1. The van der Waals surface area contributed by atoms with E-state index in [9.17, 15) is 19.8 Å². The molecule has 4 atom stereocenters. The summed E-state index contributed by atoms with van der Waals surface area (Å²) in [5.41, 5.74) is 0. The number of amides is 1. The van der Waals surface area contributed by atoms with Gasteiger partial charge in [0.15, 0.2) is 0 Å². The summed E-state index contributed by atoms with van der Waals surface area (Å²) in [7, 11) is 0. The van der Waals surface area contributed by atoms with Crippen LogP contribution in [0.25, 0.3) is 0 Å². The number of rotatable bonds is 7. The molecule has 7 heteroatoms. The molecule has 0 aliphatic rings. The first-order chi connectivity index (χ1) is 7.97. The lowest BCUT2D eigenvalue weighted by atomic mass is 10.0. The summed E-state index contributed by atoms with van der Waals surface area (Å²) in [5.74, 6) is -0.616. The second-order valence-corrected chi connectivity index (χ2v) is 3.40. The van der Waals surface area contributed by atoms with Crippen molar-refractivity contribution in [2.75, 3.05) is 6.61 Å². The minimum absolute atomic E-state index is 0.235. The molecular weight excluding hydrogens is 230 g/mol. The molecule has 0 saturated heterocycles. The van der Waals surface area contributed by atoms with Gasteiger partial charge in [-0.3, -0.25) is 4.79 Å². The first kappa shape index (κ1) is 15.7. The van der Waals surface area contributed by atoms with E-state index in [2.05, 4.69) is 5.32 Å². The van der Waals surface area contributed by atoms with Gasteiger partial charge >= 0.3 is 0 Å². The predicted molar refractivity (Wildman–Crippen MR) is 57.9 cm³/mol. The van der Waals surface area contributed by atoms with Crippen molar-refractivity contribution in [3.8, 4) is 0 Å². The van der Waals surface area contributed by atoms with E-state index in [4.69, 9.17) is 10.2 Å². The van der Waals surface area contributed by atoms with Crippen LogP contribution in [0.4, 0.5) is 0 Å². The SMILES string of the molecule is CC=CC(=O)N[C@@H](C=O)[C@@H](O)[C@@H](O)[C@H](O)CO. The molecular formula is C10H17NO6. The lowest BCUT2D eigenvalue weighted by Crippen LogP contribution is -2.53. The summed E-state index contributed by atoms with van der Waals surface area (Å²) in [5, 5.41) is 38.6. The van der Waals surface area contributed by atoms with Gasteiger partial charge in [0, 0.05) is 0 Å². The van der Waals surface area contributed by atoms with Gasteiger partial charge in [-0.25, -0.2) is 0 Å². The number of aliphatic hydroxyl groups excluding tert-OH is 4. The maximum Gasteiger partial charge on any atom is 0.244 e. The van der Waals surface area contributed by atoms with Crippen LogP contribution in [0.3, 0.4) is 0 Å². The van der Waals surface area contributed by atoms with E-state index in [0.29, 0.717) is 0 Å². The van der Waals surface area contributed by atoms with E-state index in [1.54, 1.807) is 6.92 Å². The van der Waals surface area contributed by atoms with Crippen LogP contribution >= 0.6 is 0 Å². The summed E-state index contributed by atoms with van der Waals surface area (Å²) in [6, 6.07) is -1.37.